The summed E-state index contributed by atoms with van der Waals surface area (Å²) in [5.41, 5.74) is 1.46. The van der Waals surface area contributed by atoms with Gasteiger partial charge in [-0.25, -0.2) is 27.7 Å². The minimum absolute atomic E-state index is 0.101. The number of rotatable bonds is 5. The Morgan fingerprint density at radius 2 is 1.97 bits per heavy atom. The van der Waals surface area contributed by atoms with Gasteiger partial charge in [0.25, 0.3) is 0 Å². The fraction of sp³-hybridized carbons (Fsp3) is 0.500. The molecule has 0 aromatic carbocycles. The van der Waals surface area contributed by atoms with Crippen molar-refractivity contribution in [1.29, 1.82) is 0 Å². The summed E-state index contributed by atoms with van der Waals surface area (Å²) in [7, 11) is 1.59. The summed E-state index contributed by atoms with van der Waals surface area (Å²) in [5, 5.41) is 10.6. The normalized spacial score (nSPS) is 21.9. The molecule has 2 N–H and O–H groups in total. The predicted molar refractivity (Wildman–Crippen MR) is 114 cm³/mol. The lowest BCUT2D eigenvalue weighted by molar-refractivity contribution is 0.240. The fourth-order valence-electron chi connectivity index (χ4n) is 4.61. The molecule has 2 atom stereocenters. The Hall–Kier alpha value is -2.88. The summed E-state index contributed by atoms with van der Waals surface area (Å²) in [6, 6.07) is 1.88. The molecule has 2 unspecified atom stereocenters. The fourth-order valence-corrected chi connectivity index (χ4v) is 4.61. The maximum atomic E-state index is 14.8. The van der Waals surface area contributed by atoms with Crippen LogP contribution in [0.25, 0.3) is 17.0 Å². The van der Waals surface area contributed by atoms with E-state index in [-0.39, 0.29) is 17.4 Å². The van der Waals surface area contributed by atoms with Crippen molar-refractivity contribution in [3.8, 4) is 17.1 Å². The Labute approximate surface area is 183 Å². The highest BCUT2D eigenvalue weighted by atomic mass is 19.1. The van der Waals surface area contributed by atoms with E-state index >= 15 is 0 Å². The molecule has 2 aliphatic rings. The van der Waals surface area contributed by atoms with Gasteiger partial charge in [-0.05, 0) is 25.8 Å². The number of nitrogens with one attached hydrogen (secondary N) is 2. The molecule has 32 heavy (non-hydrogen) atoms. The number of fused-ring (bicyclic) bond motifs is 1. The van der Waals surface area contributed by atoms with Crippen LogP contribution in [-0.2, 0) is 0 Å². The third-order valence-corrected chi connectivity index (χ3v) is 6.34. The molecular weight excluding hydrogens is 421 g/mol. The van der Waals surface area contributed by atoms with Crippen molar-refractivity contribution in [2.75, 3.05) is 25.5 Å². The van der Waals surface area contributed by atoms with Crippen LogP contribution < -0.4 is 15.4 Å². The standard InChI is InChI=1S/C22H25F3N6O/c1-32-18-9-19-27-11-17(31(19)30-20(18)12-4-2-3-5-12)21-14(24)8-15(25)22(29-21)28-16-10-26-7-6-13(16)23/h8-9,11-13,16,26H,2-7,10H2,1H3,(H,28,29). The highest BCUT2D eigenvalue weighted by Crippen LogP contribution is 2.38. The van der Waals surface area contributed by atoms with Crippen LogP contribution in [-0.4, -0.2) is 52.0 Å². The molecule has 1 aliphatic heterocycles. The summed E-state index contributed by atoms with van der Waals surface area (Å²) < 4.78 is 50.6. The van der Waals surface area contributed by atoms with E-state index in [4.69, 9.17) is 9.84 Å². The highest BCUT2D eigenvalue weighted by molar-refractivity contribution is 5.63. The number of ether oxygens (including phenoxy) is 1. The largest absolute Gasteiger partial charge is 0.495 e. The maximum absolute atomic E-state index is 14.8. The number of anilines is 1. The van der Waals surface area contributed by atoms with Crippen LogP contribution in [0.3, 0.4) is 0 Å². The molecule has 10 heteroatoms. The number of methoxy groups -OCH3 is 1. The Balaban J connectivity index is 1.56. The number of hydrogen-bond donors (Lipinski definition) is 2. The quantitative estimate of drug-likeness (QED) is 0.620. The second-order valence-corrected chi connectivity index (χ2v) is 8.40. The predicted octanol–water partition coefficient (Wildman–Crippen LogP) is 3.85. The molecule has 4 heterocycles. The molecule has 3 aromatic heterocycles. The van der Waals surface area contributed by atoms with Crippen molar-refractivity contribution in [3.05, 3.63) is 35.7 Å². The van der Waals surface area contributed by atoms with E-state index in [1.165, 1.54) is 10.7 Å². The summed E-state index contributed by atoms with van der Waals surface area (Å²) in [4.78, 5) is 8.50. The zero-order valence-electron chi connectivity index (χ0n) is 17.7. The Morgan fingerprint density at radius 1 is 1.16 bits per heavy atom. The van der Waals surface area contributed by atoms with E-state index in [1.54, 1.807) is 13.2 Å². The van der Waals surface area contributed by atoms with Crippen LogP contribution in [0.5, 0.6) is 5.75 Å². The minimum atomic E-state index is -1.15. The number of halogens is 3. The van der Waals surface area contributed by atoms with E-state index in [0.29, 0.717) is 36.6 Å². The Morgan fingerprint density at radius 3 is 2.72 bits per heavy atom. The average Bonchev–Trinajstić information content (AvgIpc) is 3.46. The van der Waals surface area contributed by atoms with Gasteiger partial charge < -0.3 is 15.4 Å². The number of hydrogen-bond acceptors (Lipinski definition) is 6. The summed E-state index contributed by atoms with van der Waals surface area (Å²) >= 11 is 0. The van der Waals surface area contributed by atoms with Gasteiger partial charge in [0.05, 0.1) is 19.3 Å². The first-order chi connectivity index (χ1) is 15.5. The molecule has 0 radical (unpaired) electrons. The molecule has 5 rings (SSSR count). The van der Waals surface area contributed by atoms with E-state index in [1.807, 2.05) is 0 Å². The van der Waals surface area contributed by atoms with Crippen LogP contribution in [0.1, 0.15) is 43.7 Å². The molecule has 1 aliphatic carbocycles. The van der Waals surface area contributed by atoms with Crippen LogP contribution in [0.15, 0.2) is 18.3 Å². The van der Waals surface area contributed by atoms with Crippen LogP contribution in [0.2, 0.25) is 0 Å². The van der Waals surface area contributed by atoms with Gasteiger partial charge in [-0.3, -0.25) is 0 Å². The van der Waals surface area contributed by atoms with E-state index < -0.39 is 23.8 Å². The van der Waals surface area contributed by atoms with Gasteiger partial charge >= 0.3 is 0 Å². The monoisotopic (exact) mass is 446 g/mol. The first-order valence-corrected chi connectivity index (χ1v) is 11.0. The van der Waals surface area contributed by atoms with Gasteiger partial charge in [-0.1, -0.05) is 12.8 Å². The molecule has 0 bridgehead atoms. The third-order valence-electron chi connectivity index (χ3n) is 6.34. The average molecular weight is 446 g/mol. The second kappa shape index (κ2) is 8.57. The maximum Gasteiger partial charge on any atom is 0.168 e. The molecule has 0 amide bonds. The number of aromatic nitrogens is 4. The van der Waals surface area contributed by atoms with E-state index in [0.717, 1.165) is 37.4 Å². The van der Waals surface area contributed by atoms with Crippen molar-refractivity contribution in [2.24, 2.45) is 0 Å². The van der Waals surface area contributed by atoms with E-state index in [2.05, 4.69) is 20.6 Å². The van der Waals surface area contributed by atoms with Gasteiger partial charge in [-0.15, -0.1) is 0 Å². The molecular formula is C22H25F3N6O. The van der Waals surface area contributed by atoms with Crippen LogP contribution in [0, 0.1) is 11.6 Å². The molecule has 2 fully saturated rings. The zero-order chi connectivity index (χ0) is 22.2. The number of alkyl halides is 1. The summed E-state index contributed by atoms with van der Waals surface area (Å²) in [6.07, 6.45) is 4.89. The lowest BCUT2D eigenvalue weighted by Gasteiger charge is -2.28. The third kappa shape index (κ3) is 3.76. The second-order valence-electron chi connectivity index (χ2n) is 8.40. The summed E-state index contributed by atoms with van der Waals surface area (Å²) in [6.45, 7) is 0.890. The molecule has 0 spiro atoms. The van der Waals surface area contributed by atoms with Crippen molar-refractivity contribution < 1.29 is 17.9 Å². The van der Waals surface area contributed by atoms with Gasteiger partial charge in [0.1, 0.15) is 29.0 Å². The molecule has 1 saturated heterocycles. The zero-order valence-corrected chi connectivity index (χ0v) is 17.7. The van der Waals surface area contributed by atoms with Crippen molar-refractivity contribution in [1.82, 2.24) is 24.9 Å². The SMILES string of the molecule is COc1cc2ncc(-c3nc(NC4CNCCC4F)c(F)cc3F)n2nc1C1CCCC1. The Kier molecular flexibility index (Phi) is 5.62. The lowest BCUT2D eigenvalue weighted by atomic mass is 10.0. The van der Waals surface area contributed by atoms with Crippen molar-refractivity contribution in [2.45, 2.75) is 50.2 Å². The van der Waals surface area contributed by atoms with Gasteiger partial charge in [0.15, 0.2) is 23.1 Å². The van der Waals surface area contributed by atoms with E-state index in [9.17, 15) is 13.2 Å². The molecule has 170 valence electrons. The van der Waals surface area contributed by atoms with Crippen molar-refractivity contribution in [3.63, 3.8) is 0 Å². The minimum Gasteiger partial charge on any atom is -0.495 e. The highest BCUT2D eigenvalue weighted by Gasteiger charge is 2.28. The molecule has 3 aromatic rings. The van der Waals surface area contributed by atoms with Gasteiger partial charge in [0, 0.05) is 24.6 Å². The Bertz CT molecular complexity index is 1130. The number of piperidine rings is 1. The van der Waals surface area contributed by atoms with Crippen LogP contribution >= 0.6 is 0 Å². The topological polar surface area (TPSA) is 76.4 Å². The number of nitrogens with zero attached hydrogens (tertiary/aromatic N) is 4. The first kappa shape index (κ1) is 21.0. The smallest absolute Gasteiger partial charge is 0.168 e. The molecule has 1 saturated carbocycles. The van der Waals surface area contributed by atoms with Crippen LogP contribution in [0.4, 0.5) is 19.0 Å². The van der Waals surface area contributed by atoms with Gasteiger partial charge in [-0.2, -0.15) is 5.10 Å². The van der Waals surface area contributed by atoms with Crippen molar-refractivity contribution >= 4 is 11.5 Å². The van der Waals surface area contributed by atoms with Gasteiger partial charge in [0.2, 0.25) is 0 Å². The first-order valence-electron chi connectivity index (χ1n) is 11.0. The number of pyridine rings is 1. The summed E-state index contributed by atoms with van der Waals surface area (Å²) in [5.74, 6) is -1.01. The molecule has 7 nitrogen and oxygen atoms in total. The lowest BCUT2D eigenvalue weighted by Crippen LogP contribution is -2.46. The number of imidazole rings is 1.